The fraction of sp³-hybridized carbons (Fsp3) is 0.346. The van der Waals surface area contributed by atoms with E-state index in [9.17, 15) is 5.11 Å². The molecule has 2 heterocycles. The first-order valence-electron chi connectivity index (χ1n) is 11.6. The molecule has 0 bridgehead atoms. The number of benzene rings is 2. The van der Waals surface area contributed by atoms with Gasteiger partial charge in [0.05, 0.1) is 31.7 Å². The van der Waals surface area contributed by atoms with Gasteiger partial charge in [0, 0.05) is 5.92 Å². The zero-order valence-electron chi connectivity index (χ0n) is 19.1. The number of aliphatic hydroxyl groups excluding tert-OH is 1. The minimum atomic E-state index is -0.590. The van der Waals surface area contributed by atoms with Crippen molar-refractivity contribution in [3.63, 3.8) is 0 Å². The summed E-state index contributed by atoms with van der Waals surface area (Å²) in [5.74, 6) is 0.745. The maximum absolute atomic E-state index is 11.2. The van der Waals surface area contributed by atoms with Crippen molar-refractivity contribution >= 4 is 17.1 Å². The van der Waals surface area contributed by atoms with Gasteiger partial charge in [0.2, 0.25) is 11.8 Å². The van der Waals surface area contributed by atoms with E-state index in [1.807, 2.05) is 65.2 Å². The molecule has 4 atom stereocenters. The van der Waals surface area contributed by atoms with Crippen LogP contribution in [0.25, 0.3) is 11.2 Å². The molecule has 0 unspecified atom stereocenters. The van der Waals surface area contributed by atoms with Gasteiger partial charge in [-0.2, -0.15) is 9.97 Å². The number of imidazole rings is 1. The van der Waals surface area contributed by atoms with E-state index in [4.69, 9.17) is 15.2 Å². The maximum atomic E-state index is 11.2. The lowest BCUT2D eigenvalue weighted by atomic mass is 9.98. The molecule has 5 rings (SSSR count). The Hall–Kier alpha value is -3.49. The smallest absolute Gasteiger partial charge is 0.247 e. The Morgan fingerprint density at radius 2 is 1.68 bits per heavy atom. The number of hydrogen-bond acceptors (Lipinski definition) is 7. The molecule has 0 amide bonds. The van der Waals surface area contributed by atoms with Gasteiger partial charge in [0.15, 0.2) is 11.2 Å². The van der Waals surface area contributed by atoms with Gasteiger partial charge in [0.1, 0.15) is 6.61 Å². The predicted molar refractivity (Wildman–Crippen MR) is 129 cm³/mol. The van der Waals surface area contributed by atoms with Crippen LogP contribution in [0.15, 0.2) is 67.0 Å². The van der Waals surface area contributed by atoms with Crippen molar-refractivity contribution in [1.29, 1.82) is 0 Å². The van der Waals surface area contributed by atoms with Crippen molar-refractivity contribution in [1.82, 2.24) is 19.5 Å². The number of aliphatic hydroxyl groups is 1. The third-order valence-electron chi connectivity index (χ3n) is 6.58. The average Bonchev–Trinajstić information content (AvgIpc) is 3.39. The summed E-state index contributed by atoms with van der Waals surface area (Å²) in [5.41, 5.74) is 9.25. The molecule has 2 aromatic carbocycles. The number of nitrogens with zero attached hydrogens (tertiary/aromatic N) is 4. The van der Waals surface area contributed by atoms with E-state index in [0.29, 0.717) is 36.9 Å². The van der Waals surface area contributed by atoms with Gasteiger partial charge >= 0.3 is 0 Å². The highest BCUT2D eigenvalue weighted by Gasteiger charge is 2.42. The van der Waals surface area contributed by atoms with Crippen LogP contribution >= 0.6 is 0 Å². The summed E-state index contributed by atoms with van der Waals surface area (Å²) in [7, 11) is 0. The van der Waals surface area contributed by atoms with Gasteiger partial charge < -0.3 is 24.9 Å². The van der Waals surface area contributed by atoms with Crippen LogP contribution in [0.2, 0.25) is 0 Å². The summed E-state index contributed by atoms with van der Waals surface area (Å²) >= 11 is 0. The Morgan fingerprint density at radius 1 is 1.00 bits per heavy atom. The number of fused-ring (bicyclic) bond motifs is 1. The number of aromatic nitrogens is 4. The molecule has 0 saturated heterocycles. The van der Waals surface area contributed by atoms with E-state index in [2.05, 4.69) is 21.9 Å². The lowest BCUT2D eigenvalue weighted by Crippen LogP contribution is -2.28. The first-order chi connectivity index (χ1) is 16.6. The van der Waals surface area contributed by atoms with E-state index in [-0.39, 0.29) is 23.8 Å². The number of hydrogen-bond donors (Lipinski definition) is 2. The topological polar surface area (TPSA) is 108 Å². The minimum Gasteiger partial charge on any atom is -0.471 e. The lowest BCUT2D eigenvalue weighted by Gasteiger charge is -2.22. The average molecular weight is 460 g/mol. The van der Waals surface area contributed by atoms with Crippen LogP contribution in [0.1, 0.15) is 30.5 Å². The summed E-state index contributed by atoms with van der Waals surface area (Å²) in [5, 5.41) is 11.2. The molecule has 8 nitrogen and oxygen atoms in total. The van der Waals surface area contributed by atoms with Gasteiger partial charge in [0.25, 0.3) is 0 Å². The van der Waals surface area contributed by atoms with Crippen molar-refractivity contribution in [2.24, 2.45) is 11.8 Å². The predicted octanol–water partition coefficient (Wildman–Crippen LogP) is 3.76. The molecule has 3 N–H and O–H groups in total. The third kappa shape index (κ3) is 4.60. The van der Waals surface area contributed by atoms with Crippen LogP contribution in [0.4, 0.5) is 5.95 Å². The number of nitrogen functional groups attached to an aromatic ring is 1. The summed E-state index contributed by atoms with van der Waals surface area (Å²) < 4.78 is 13.8. The molecule has 1 saturated carbocycles. The fourth-order valence-corrected chi connectivity index (χ4v) is 4.72. The van der Waals surface area contributed by atoms with E-state index in [1.54, 1.807) is 6.33 Å². The van der Waals surface area contributed by atoms with Gasteiger partial charge in [-0.1, -0.05) is 67.6 Å². The number of rotatable bonds is 8. The van der Waals surface area contributed by atoms with Crippen molar-refractivity contribution in [3.05, 3.63) is 78.1 Å². The highest BCUT2D eigenvalue weighted by molar-refractivity contribution is 5.77. The standard InChI is InChI=1S/C26H29N5O3/c1-17-12-21(23(32)20(17)15-33-13-18-8-4-2-5-9-18)31-16-28-22-24(31)29-26(27)30-25(22)34-14-19-10-6-3-7-11-19/h2-11,16-17,20-21,23,32H,12-15H2,1H3,(H2,27,29,30)/t17-,20+,21-,23-/m0/s1. The first-order valence-corrected chi connectivity index (χ1v) is 11.6. The third-order valence-corrected chi connectivity index (χ3v) is 6.58. The summed E-state index contributed by atoms with van der Waals surface area (Å²) in [6.45, 7) is 3.52. The number of nitrogens with two attached hydrogens (primary N) is 1. The molecule has 1 aliphatic rings. The lowest BCUT2D eigenvalue weighted by molar-refractivity contribution is 0.0135. The molecule has 4 aromatic rings. The molecule has 1 fully saturated rings. The van der Waals surface area contributed by atoms with E-state index in [0.717, 1.165) is 17.5 Å². The molecule has 176 valence electrons. The number of anilines is 1. The van der Waals surface area contributed by atoms with Gasteiger partial charge in [-0.05, 0) is 23.5 Å². The Morgan fingerprint density at radius 3 is 2.38 bits per heavy atom. The zero-order valence-corrected chi connectivity index (χ0v) is 19.1. The van der Waals surface area contributed by atoms with Crippen LogP contribution in [0, 0.1) is 11.8 Å². The molecule has 1 aliphatic carbocycles. The normalized spacial score (nSPS) is 22.3. The Bertz CT molecular complexity index is 1230. The molecule has 8 heteroatoms. The van der Waals surface area contributed by atoms with E-state index in [1.165, 1.54) is 0 Å². The van der Waals surface area contributed by atoms with Gasteiger partial charge in [-0.15, -0.1) is 0 Å². The van der Waals surface area contributed by atoms with E-state index < -0.39 is 6.10 Å². The molecule has 0 aliphatic heterocycles. The van der Waals surface area contributed by atoms with Crippen LogP contribution in [0.5, 0.6) is 5.88 Å². The largest absolute Gasteiger partial charge is 0.471 e. The summed E-state index contributed by atoms with van der Waals surface area (Å²) in [6.07, 6.45) is 1.89. The number of ether oxygens (including phenoxy) is 2. The molecular formula is C26H29N5O3. The van der Waals surface area contributed by atoms with Crippen molar-refractivity contribution in [2.45, 2.75) is 38.7 Å². The van der Waals surface area contributed by atoms with Crippen molar-refractivity contribution in [3.8, 4) is 5.88 Å². The molecule has 0 radical (unpaired) electrons. The Kier molecular flexibility index (Phi) is 6.42. The highest BCUT2D eigenvalue weighted by Crippen LogP contribution is 2.41. The zero-order chi connectivity index (χ0) is 23.5. The Balaban J connectivity index is 1.32. The minimum absolute atomic E-state index is 0.0131. The van der Waals surface area contributed by atoms with Crippen LogP contribution in [-0.4, -0.2) is 37.3 Å². The molecule has 0 spiro atoms. The van der Waals surface area contributed by atoms with Gasteiger partial charge in [-0.3, -0.25) is 0 Å². The summed E-state index contributed by atoms with van der Waals surface area (Å²) in [6, 6.07) is 19.7. The molecular weight excluding hydrogens is 430 g/mol. The SMILES string of the molecule is C[C@H]1C[C@H](n2cnc3c(OCc4ccccc4)nc(N)nc32)[C@@H](O)[C@@H]1COCc1ccccc1. The fourth-order valence-electron chi connectivity index (χ4n) is 4.72. The van der Waals surface area contributed by atoms with Crippen molar-refractivity contribution in [2.75, 3.05) is 12.3 Å². The second-order valence-electron chi connectivity index (χ2n) is 8.92. The quantitative estimate of drug-likeness (QED) is 0.413. The molecule has 2 aromatic heterocycles. The Labute approximate surface area is 198 Å². The monoisotopic (exact) mass is 459 g/mol. The van der Waals surface area contributed by atoms with Crippen LogP contribution in [-0.2, 0) is 18.0 Å². The second kappa shape index (κ2) is 9.79. The highest BCUT2D eigenvalue weighted by atomic mass is 16.5. The van der Waals surface area contributed by atoms with Crippen molar-refractivity contribution < 1.29 is 14.6 Å². The first kappa shape index (κ1) is 22.3. The maximum Gasteiger partial charge on any atom is 0.247 e. The summed E-state index contributed by atoms with van der Waals surface area (Å²) in [4.78, 5) is 13.2. The second-order valence-corrected chi connectivity index (χ2v) is 8.92. The van der Waals surface area contributed by atoms with Gasteiger partial charge in [-0.25, -0.2) is 4.98 Å². The molecule has 34 heavy (non-hydrogen) atoms. The van der Waals surface area contributed by atoms with E-state index >= 15 is 0 Å². The van der Waals surface area contributed by atoms with Crippen LogP contribution < -0.4 is 10.5 Å². The van der Waals surface area contributed by atoms with Crippen LogP contribution in [0.3, 0.4) is 0 Å².